The van der Waals surface area contributed by atoms with Crippen LogP contribution in [0.4, 0.5) is 5.69 Å². The van der Waals surface area contributed by atoms with Gasteiger partial charge in [0.15, 0.2) is 5.57 Å². The van der Waals surface area contributed by atoms with Crippen molar-refractivity contribution < 1.29 is 18.8 Å². The molecular weight excluding hydrogens is 496 g/mol. The van der Waals surface area contributed by atoms with Gasteiger partial charge >= 0.3 is 0 Å². The number of benzene rings is 1. The average Bonchev–Trinajstić information content (AvgIpc) is 3.69. The van der Waals surface area contributed by atoms with E-state index in [0.717, 1.165) is 68.3 Å². The van der Waals surface area contributed by atoms with Crippen LogP contribution in [0.15, 0.2) is 40.1 Å². The summed E-state index contributed by atoms with van der Waals surface area (Å²) >= 11 is 0. The lowest BCUT2D eigenvalue weighted by Gasteiger charge is -2.28. The van der Waals surface area contributed by atoms with Crippen LogP contribution >= 0.6 is 0 Å². The Morgan fingerprint density at radius 2 is 1.69 bits per heavy atom. The summed E-state index contributed by atoms with van der Waals surface area (Å²) in [4.78, 5) is 45.0. The monoisotopic (exact) mass is 532 g/mol. The largest absolute Gasteiger partial charge is 0.461 e. The first-order valence-electron chi connectivity index (χ1n) is 14.0. The molecule has 3 aliphatic rings. The molecular formula is C29H36N6O4. The van der Waals surface area contributed by atoms with Gasteiger partial charge in [0.05, 0.1) is 6.54 Å². The number of aryl methyl sites for hydroxylation is 1. The molecule has 3 fully saturated rings. The average molecular weight is 533 g/mol. The van der Waals surface area contributed by atoms with E-state index in [-0.39, 0.29) is 35.7 Å². The third-order valence-electron chi connectivity index (χ3n) is 7.76. The maximum Gasteiger partial charge on any atom is 0.268 e. The fourth-order valence-electron chi connectivity index (χ4n) is 5.66. The second-order valence-corrected chi connectivity index (χ2v) is 10.6. The number of hydrogen-bond acceptors (Lipinski definition) is 7. The van der Waals surface area contributed by atoms with Gasteiger partial charge in [-0.2, -0.15) is 5.26 Å². The standard InChI is InChI=1S/C29H36N6O4/c1-20-16-21-17-22(9-10-25(21)39-20)31-27(23(18-30)28(37)34-13-6-7-14-34)32-24-8-2-3-15-35(29(24)38)19-26(36)33-11-4-5-12-33/h9-10,16-17,24,31-32H,2-8,11-15,19H2,1H3/b27-23-/t24-/m0/s1. The van der Waals surface area contributed by atoms with E-state index < -0.39 is 6.04 Å². The highest BCUT2D eigenvalue weighted by molar-refractivity contribution is 5.99. The Bertz CT molecular complexity index is 1310. The number of amides is 3. The zero-order chi connectivity index (χ0) is 27.4. The summed E-state index contributed by atoms with van der Waals surface area (Å²) in [6.45, 7) is 5.13. The summed E-state index contributed by atoms with van der Waals surface area (Å²) in [5.41, 5.74) is 1.34. The molecule has 2 aromatic rings. The maximum absolute atomic E-state index is 13.7. The van der Waals surface area contributed by atoms with Gasteiger partial charge in [0.2, 0.25) is 11.8 Å². The molecule has 0 saturated carbocycles. The first-order valence-corrected chi connectivity index (χ1v) is 14.0. The Morgan fingerprint density at radius 1 is 1.00 bits per heavy atom. The van der Waals surface area contributed by atoms with E-state index in [0.29, 0.717) is 31.7 Å². The topological polar surface area (TPSA) is 122 Å². The minimum absolute atomic E-state index is 0.0268. The van der Waals surface area contributed by atoms with Crippen LogP contribution in [-0.4, -0.2) is 77.7 Å². The predicted octanol–water partition coefficient (Wildman–Crippen LogP) is 3.10. The minimum atomic E-state index is -0.670. The van der Waals surface area contributed by atoms with Gasteiger partial charge in [-0.3, -0.25) is 14.4 Å². The lowest BCUT2D eigenvalue weighted by atomic mass is 10.1. The molecule has 206 valence electrons. The van der Waals surface area contributed by atoms with Crippen LogP contribution < -0.4 is 10.6 Å². The van der Waals surface area contributed by atoms with E-state index in [2.05, 4.69) is 16.7 Å². The zero-order valence-corrected chi connectivity index (χ0v) is 22.5. The van der Waals surface area contributed by atoms with Gasteiger partial charge in [-0.1, -0.05) is 0 Å². The Labute approximate surface area is 228 Å². The van der Waals surface area contributed by atoms with Crippen LogP contribution in [-0.2, 0) is 14.4 Å². The highest BCUT2D eigenvalue weighted by Crippen LogP contribution is 2.25. The lowest BCUT2D eigenvalue weighted by molar-refractivity contribution is -0.140. The maximum atomic E-state index is 13.7. The van der Waals surface area contributed by atoms with E-state index in [1.54, 1.807) is 9.80 Å². The highest BCUT2D eigenvalue weighted by Gasteiger charge is 2.32. The summed E-state index contributed by atoms with van der Waals surface area (Å²) < 4.78 is 5.68. The van der Waals surface area contributed by atoms with Gasteiger partial charge in [-0.15, -0.1) is 0 Å². The van der Waals surface area contributed by atoms with Gasteiger partial charge < -0.3 is 29.8 Å². The Morgan fingerprint density at radius 3 is 2.41 bits per heavy atom. The number of likely N-dealkylation sites (tertiary alicyclic amines) is 3. The van der Waals surface area contributed by atoms with Gasteiger partial charge in [0, 0.05) is 43.8 Å². The summed E-state index contributed by atoms with van der Waals surface area (Å²) in [5.74, 6) is 0.421. The van der Waals surface area contributed by atoms with Gasteiger partial charge in [-0.05, 0) is 76.1 Å². The third kappa shape index (κ3) is 6.03. The second kappa shape index (κ2) is 11.8. The summed E-state index contributed by atoms with van der Waals surface area (Å²) in [5, 5.41) is 17.5. The van der Waals surface area contributed by atoms with Crippen LogP contribution in [0.25, 0.3) is 11.0 Å². The normalized spacial score (nSPS) is 20.6. The van der Waals surface area contributed by atoms with Crippen molar-refractivity contribution in [2.45, 2.75) is 57.9 Å². The van der Waals surface area contributed by atoms with E-state index in [1.165, 1.54) is 0 Å². The molecule has 0 bridgehead atoms. The summed E-state index contributed by atoms with van der Waals surface area (Å²) in [6.07, 6.45) is 5.91. The zero-order valence-electron chi connectivity index (χ0n) is 22.5. The predicted molar refractivity (Wildman–Crippen MR) is 146 cm³/mol. The molecule has 0 aliphatic carbocycles. The number of carbonyl (C=O) groups excluding carboxylic acids is 3. The number of nitrogens with zero attached hydrogens (tertiary/aromatic N) is 4. The van der Waals surface area contributed by atoms with Crippen molar-refractivity contribution in [2.24, 2.45) is 0 Å². The Kier molecular flexibility index (Phi) is 8.05. The van der Waals surface area contributed by atoms with Gasteiger partial charge in [0.25, 0.3) is 5.91 Å². The number of fused-ring (bicyclic) bond motifs is 1. The van der Waals surface area contributed by atoms with Crippen LogP contribution in [0.2, 0.25) is 0 Å². The molecule has 0 spiro atoms. The fourth-order valence-corrected chi connectivity index (χ4v) is 5.66. The van der Waals surface area contributed by atoms with Crippen molar-refractivity contribution >= 4 is 34.4 Å². The lowest BCUT2D eigenvalue weighted by Crippen LogP contribution is -2.49. The fraction of sp³-hybridized carbons (Fsp3) is 0.517. The first-order chi connectivity index (χ1) is 18.9. The van der Waals surface area contributed by atoms with Crippen molar-refractivity contribution in [3.05, 3.63) is 41.4 Å². The highest BCUT2D eigenvalue weighted by atomic mass is 16.3. The molecule has 1 aromatic carbocycles. The molecule has 10 nitrogen and oxygen atoms in total. The molecule has 3 saturated heterocycles. The molecule has 10 heteroatoms. The van der Waals surface area contributed by atoms with Crippen LogP contribution in [0.3, 0.4) is 0 Å². The van der Waals surface area contributed by atoms with Crippen molar-refractivity contribution in [3.63, 3.8) is 0 Å². The van der Waals surface area contributed by atoms with Gasteiger partial charge in [0.1, 0.15) is 29.3 Å². The molecule has 3 amide bonds. The smallest absolute Gasteiger partial charge is 0.268 e. The molecule has 2 N–H and O–H groups in total. The number of anilines is 1. The van der Waals surface area contributed by atoms with Crippen LogP contribution in [0.1, 0.15) is 50.7 Å². The van der Waals surface area contributed by atoms with Crippen molar-refractivity contribution in [1.29, 1.82) is 5.26 Å². The van der Waals surface area contributed by atoms with E-state index >= 15 is 0 Å². The van der Waals surface area contributed by atoms with Crippen LogP contribution in [0.5, 0.6) is 0 Å². The molecule has 3 aliphatic heterocycles. The molecule has 1 atom stereocenters. The van der Waals surface area contributed by atoms with E-state index in [9.17, 15) is 19.6 Å². The minimum Gasteiger partial charge on any atom is -0.461 e. The first kappa shape index (κ1) is 26.6. The SMILES string of the molecule is Cc1cc2cc(N/C(N[C@H]3CCCCN(CC(=O)N4CCCC4)C3=O)=C(\C#N)C(=O)N3CCCC3)ccc2o1. The van der Waals surface area contributed by atoms with Crippen molar-refractivity contribution in [3.8, 4) is 6.07 Å². The molecule has 4 heterocycles. The summed E-state index contributed by atoms with van der Waals surface area (Å²) in [6, 6.07) is 8.89. The van der Waals surface area contributed by atoms with Crippen molar-refractivity contribution in [2.75, 3.05) is 44.6 Å². The number of hydrogen-bond donors (Lipinski definition) is 2. The molecule has 0 unspecified atom stereocenters. The van der Waals surface area contributed by atoms with Gasteiger partial charge in [-0.25, -0.2) is 0 Å². The van der Waals surface area contributed by atoms with Crippen LogP contribution in [0, 0.1) is 18.3 Å². The second-order valence-electron chi connectivity index (χ2n) is 10.6. The quantitative estimate of drug-likeness (QED) is 0.415. The van der Waals surface area contributed by atoms with E-state index in [1.807, 2.05) is 36.1 Å². The number of rotatable bonds is 7. The Hall–Kier alpha value is -4.00. The molecule has 1 aromatic heterocycles. The number of nitriles is 1. The van der Waals surface area contributed by atoms with E-state index in [4.69, 9.17) is 4.42 Å². The summed E-state index contributed by atoms with van der Waals surface area (Å²) in [7, 11) is 0. The molecule has 39 heavy (non-hydrogen) atoms. The number of carbonyl (C=O) groups is 3. The number of nitrogens with one attached hydrogen (secondary N) is 2. The molecule has 0 radical (unpaired) electrons. The third-order valence-corrected chi connectivity index (χ3v) is 7.76. The number of furan rings is 1. The Balaban J connectivity index is 1.42. The molecule has 5 rings (SSSR count). The van der Waals surface area contributed by atoms with Crippen molar-refractivity contribution in [1.82, 2.24) is 20.0 Å².